The largest absolute Gasteiger partial charge is 0.443 e. The van der Waals surface area contributed by atoms with Crippen LogP contribution in [0.25, 0.3) is 0 Å². The molecule has 0 saturated heterocycles. The van der Waals surface area contributed by atoms with Gasteiger partial charge in [0.25, 0.3) is 0 Å². The Bertz CT molecular complexity index is 239. The first kappa shape index (κ1) is 18.1. The van der Waals surface area contributed by atoms with Gasteiger partial charge in [-0.15, -0.1) is 0 Å². The first-order valence-corrected chi connectivity index (χ1v) is 7.05. The Morgan fingerprint density at radius 2 is 1.63 bits per heavy atom. The maximum absolute atomic E-state index is 11.6. The summed E-state index contributed by atoms with van der Waals surface area (Å²) in [6.07, 6.45) is 3.31. The smallest absolute Gasteiger partial charge is 0.407 e. The number of rotatable bonds is 10. The SMILES string of the molecule is CC(C)(OC(=O)NCCN)C(CCCN)CCCN. The number of ether oxygens (including phenoxy) is 1. The van der Waals surface area contributed by atoms with Gasteiger partial charge in [-0.1, -0.05) is 0 Å². The topological polar surface area (TPSA) is 116 Å². The second-order valence-electron chi connectivity index (χ2n) is 5.27. The average Bonchev–Trinajstić information content (AvgIpc) is 2.35. The Morgan fingerprint density at radius 1 is 1.11 bits per heavy atom. The van der Waals surface area contributed by atoms with Crippen LogP contribution in [0.4, 0.5) is 4.79 Å². The molecule has 0 aromatic rings. The summed E-state index contributed by atoms with van der Waals surface area (Å²) in [5.41, 5.74) is 15.9. The standard InChI is InChI=1S/C13H30N4O2/c1-13(2,19-12(18)17-10-9-16)11(5-3-7-14)6-4-8-15/h11H,3-10,14-16H2,1-2H3,(H,17,18). The molecule has 0 aromatic heterocycles. The highest BCUT2D eigenvalue weighted by molar-refractivity contribution is 5.67. The first-order chi connectivity index (χ1) is 8.97. The summed E-state index contributed by atoms with van der Waals surface area (Å²) in [5.74, 6) is 0.267. The quantitative estimate of drug-likeness (QED) is 0.464. The molecule has 0 aliphatic heterocycles. The van der Waals surface area contributed by atoms with Crippen molar-refractivity contribution in [3.8, 4) is 0 Å². The summed E-state index contributed by atoms with van der Waals surface area (Å²) < 4.78 is 5.51. The van der Waals surface area contributed by atoms with Crippen LogP contribution < -0.4 is 22.5 Å². The van der Waals surface area contributed by atoms with Gasteiger partial charge in [0, 0.05) is 13.1 Å². The molecule has 0 rings (SSSR count). The van der Waals surface area contributed by atoms with E-state index in [-0.39, 0.29) is 5.92 Å². The van der Waals surface area contributed by atoms with Crippen molar-refractivity contribution in [2.45, 2.75) is 45.1 Å². The molecular weight excluding hydrogens is 244 g/mol. The number of nitrogens with two attached hydrogens (primary N) is 3. The minimum absolute atomic E-state index is 0.267. The van der Waals surface area contributed by atoms with E-state index in [4.69, 9.17) is 21.9 Å². The van der Waals surface area contributed by atoms with Crippen LogP contribution in [0.15, 0.2) is 0 Å². The van der Waals surface area contributed by atoms with E-state index < -0.39 is 11.7 Å². The summed E-state index contributed by atoms with van der Waals surface area (Å²) in [6, 6.07) is 0. The van der Waals surface area contributed by atoms with Gasteiger partial charge in [0.15, 0.2) is 0 Å². The average molecular weight is 274 g/mol. The summed E-state index contributed by atoms with van der Waals surface area (Å²) in [7, 11) is 0. The van der Waals surface area contributed by atoms with E-state index >= 15 is 0 Å². The normalized spacial score (nSPS) is 11.7. The molecule has 114 valence electrons. The van der Waals surface area contributed by atoms with Gasteiger partial charge in [0.1, 0.15) is 5.60 Å². The molecule has 0 aliphatic rings. The van der Waals surface area contributed by atoms with Gasteiger partial charge in [-0.25, -0.2) is 4.79 Å². The van der Waals surface area contributed by atoms with Gasteiger partial charge in [0.2, 0.25) is 0 Å². The van der Waals surface area contributed by atoms with Crippen LogP contribution in [-0.2, 0) is 4.74 Å². The molecule has 0 bridgehead atoms. The Kier molecular flexibility index (Phi) is 9.55. The van der Waals surface area contributed by atoms with Crippen molar-refractivity contribution in [3.63, 3.8) is 0 Å². The van der Waals surface area contributed by atoms with Gasteiger partial charge in [-0.3, -0.25) is 0 Å². The fourth-order valence-electron chi connectivity index (χ4n) is 2.10. The summed E-state index contributed by atoms with van der Waals surface area (Å²) in [6.45, 7) is 5.99. The Hall–Kier alpha value is -0.850. The summed E-state index contributed by atoms with van der Waals surface area (Å²) in [5, 5.41) is 2.62. The highest BCUT2D eigenvalue weighted by Crippen LogP contribution is 2.29. The zero-order chi connectivity index (χ0) is 14.7. The molecule has 7 N–H and O–H groups in total. The van der Waals surface area contributed by atoms with Crippen molar-refractivity contribution in [3.05, 3.63) is 0 Å². The number of alkyl carbamates (subject to hydrolysis) is 1. The van der Waals surface area contributed by atoms with Gasteiger partial charge in [-0.2, -0.15) is 0 Å². The molecule has 0 aromatic carbocycles. The fourth-order valence-corrected chi connectivity index (χ4v) is 2.10. The third-order valence-electron chi connectivity index (χ3n) is 3.27. The van der Waals surface area contributed by atoms with Gasteiger partial charge in [-0.05, 0) is 58.5 Å². The van der Waals surface area contributed by atoms with Crippen molar-refractivity contribution in [1.29, 1.82) is 0 Å². The second-order valence-corrected chi connectivity index (χ2v) is 5.27. The van der Waals surface area contributed by atoms with Crippen LogP contribution in [-0.4, -0.2) is 37.9 Å². The number of amides is 1. The molecule has 0 heterocycles. The minimum Gasteiger partial charge on any atom is -0.443 e. The van der Waals surface area contributed by atoms with E-state index in [2.05, 4.69) is 5.32 Å². The highest BCUT2D eigenvalue weighted by atomic mass is 16.6. The van der Waals surface area contributed by atoms with E-state index in [0.29, 0.717) is 26.2 Å². The third kappa shape index (κ3) is 8.02. The number of carbonyl (C=O) groups is 1. The number of hydrogen-bond acceptors (Lipinski definition) is 5. The van der Waals surface area contributed by atoms with Crippen LogP contribution in [0.2, 0.25) is 0 Å². The lowest BCUT2D eigenvalue weighted by atomic mass is 9.83. The van der Waals surface area contributed by atoms with Crippen molar-refractivity contribution >= 4 is 6.09 Å². The predicted octanol–water partition coefficient (Wildman–Crippen LogP) is 0.544. The zero-order valence-electron chi connectivity index (χ0n) is 12.3. The molecule has 0 saturated carbocycles. The Balaban J connectivity index is 4.42. The van der Waals surface area contributed by atoms with Gasteiger partial charge >= 0.3 is 6.09 Å². The minimum atomic E-state index is -0.525. The molecule has 6 nitrogen and oxygen atoms in total. The Morgan fingerprint density at radius 3 is 2.05 bits per heavy atom. The van der Waals surface area contributed by atoms with E-state index in [9.17, 15) is 4.79 Å². The lowest BCUT2D eigenvalue weighted by Gasteiger charge is -2.34. The van der Waals surface area contributed by atoms with Crippen LogP contribution in [0.3, 0.4) is 0 Å². The molecule has 6 heteroatoms. The predicted molar refractivity (Wildman–Crippen MR) is 77.7 cm³/mol. The van der Waals surface area contributed by atoms with Crippen LogP contribution in [0.5, 0.6) is 0 Å². The Labute approximate surface area is 116 Å². The molecule has 0 radical (unpaired) electrons. The monoisotopic (exact) mass is 274 g/mol. The molecule has 0 atom stereocenters. The molecule has 0 aliphatic carbocycles. The van der Waals surface area contributed by atoms with Gasteiger partial charge < -0.3 is 27.3 Å². The number of nitrogens with one attached hydrogen (secondary N) is 1. The third-order valence-corrected chi connectivity index (χ3v) is 3.27. The number of carbonyl (C=O) groups excluding carboxylic acids is 1. The summed E-state index contributed by atoms with van der Waals surface area (Å²) in [4.78, 5) is 11.6. The van der Waals surface area contributed by atoms with Crippen LogP contribution in [0.1, 0.15) is 39.5 Å². The van der Waals surface area contributed by atoms with Gasteiger partial charge in [0.05, 0.1) is 0 Å². The van der Waals surface area contributed by atoms with Crippen molar-refractivity contribution < 1.29 is 9.53 Å². The zero-order valence-corrected chi connectivity index (χ0v) is 12.3. The van der Waals surface area contributed by atoms with E-state index in [1.807, 2.05) is 13.8 Å². The van der Waals surface area contributed by atoms with Crippen LogP contribution in [0, 0.1) is 5.92 Å². The maximum Gasteiger partial charge on any atom is 0.407 e. The van der Waals surface area contributed by atoms with E-state index in [1.54, 1.807) is 0 Å². The van der Waals surface area contributed by atoms with Crippen molar-refractivity contribution in [2.24, 2.45) is 23.1 Å². The van der Waals surface area contributed by atoms with E-state index in [0.717, 1.165) is 25.7 Å². The molecule has 0 unspecified atom stereocenters. The molecule has 19 heavy (non-hydrogen) atoms. The maximum atomic E-state index is 11.6. The molecule has 0 spiro atoms. The fraction of sp³-hybridized carbons (Fsp3) is 0.923. The highest BCUT2D eigenvalue weighted by Gasteiger charge is 2.32. The van der Waals surface area contributed by atoms with Crippen molar-refractivity contribution in [2.75, 3.05) is 26.2 Å². The number of hydrogen-bond donors (Lipinski definition) is 4. The second kappa shape index (κ2) is 10.00. The van der Waals surface area contributed by atoms with E-state index in [1.165, 1.54) is 0 Å². The molecular formula is C13H30N4O2. The lowest BCUT2D eigenvalue weighted by molar-refractivity contribution is -0.0127. The molecule has 0 fully saturated rings. The lowest BCUT2D eigenvalue weighted by Crippen LogP contribution is -2.41. The first-order valence-electron chi connectivity index (χ1n) is 7.05. The van der Waals surface area contributed by atoms with Crippen LogP contribution >= 0.6 is 0 Å². The molecule has 1 amide bonds. The van der Waals surface area contributed by atoms with Crippen molar-refractivity contribution in [1.82, 2.24) is 5.32 Å². The summed E-state index contributed by atoms with van der Waals surface area (Å²) >= 11 is 0.